The molecule has 0 N–H and O–H groups in total. The molecule has 0 aliphatic carbocycles. The Hall–Kier alpha value is -1.62. The van der Waals surface area contributed by atoms with Crippen molar-refractivity contribution in [1.82, 2.24) is 9.55 Å². The first-order chi connectivity index (χ1) is 10.0. The lowest BCUT2D eigenvalue weighted by molar-refractivity contribution is 0.695. The van der Waals surface area contributed by atoms with Crippen LogP contribution in [-0.2, 0) is 13.6 Å². The minimum atomic E-state index is 0.253. The summed E-state index contributed by atoms with van der Waals surface area (Å²) in [6.45, 7) is 4.50. The van der Waals surface area contributed by atoms with Gasteiger partial charge in [0.1, 0.15) is 10.9 Å². The Bertz CT molecular complexity index is 689. The van der Waals surface area contributed by atoms with Gasteiger partial charge in [0, 0.05) is 21.9 Å². The van der Waals surface area contributed by atoms with E-state index in [0.717, 1.165) is 21.4 Å². The molecule has 1 aromatic heterocycles. The summed E-state index contributed by atoms with van der Waals surface area (Å²) in [5.41, 5.74) is 9.60. The third-order valence-corrected chi connectivity index (χ3v) is 4.25. The van der Waals surface area contributed by atoms with E-state index in [2.05, 4.69) is 28.9 Å². The van der Waals surface area contributed by atoms with E-state index in [4.69, 9.17) is 17.1 Å². The van der Waals surface area contributed by atoms with E-state index in [0.29, 0.717) is 10.9 Å². The highest BCUT2D eigenvalue weighted by Crippen LogP contribution is 2.34. The molecule has 0 saturated heterocycles. The Morgan fingerprint density at radius 1 is 1.48 bits per heavy atom. The molecule has 0 saturated carbocycles. The first kappa shape index (κ1) is 15.8. The van der Waals surface area contributed by atoms with Crippen molar-refractivity contribution in [2.24, 2.45) is 12.2 Å². The molecule has 2 aromatic rings. The molecular formula is C14H16ClN5S. The standard InChI is InChI=1S/C14H16ClN5S/c1-9(2)13-14(18-12(20(13)3)8-17-19-16)21-11-6-4-5-10(15)7-11/h4-7,9H,8H2,1-3H3. The monoisotopic (exact) mass is 321 g/mol. The number of nitrogens with zero attached hydrogens (tertiary/aromatic N) is 5. The minimum Gasteiger partial charge on any atom is -0.334 e. The van der Waals surface area contributed by atoms with Crippen molar-refractivity contribution < 1.29 is 0 Å². The van der Waals surface area contributed by atoms with Gasteiger partial charge in [0.15, 0.2) is 0 Å². The van der Waals surface area contributed by atoms with Crippen molar-refractivity contribution in [3.63, 3.8) is 0 Å². The van der Waals surface area contributed by atoms with Crippen molar-refractivity contribution >= 4 is 23.4 Å². The maximum Gasteiger partial charge on any atom is 0.123 e. The van der Waals surface area contributed by atoms with Gasteiger partial charge in [-0.2, -0.15) is 0 Å². The van der Waals surface area contributed by atoms with Crippen molar-refractivity contribution in [3.8, 4) is 0 Å². The number of benzene rings is 1. The normalized spacial score (nSPS) is 10.7. The van der Waals surface area contributed by atoms with Crippen LogP contribution in [0, 0.1) is 0 Å². The highest BCUT2D eigenvalue weighted by molar-refractivity contribution is 7.99. The molecule has 1 heterocycles. The molecule has 0 fully saturated rings. The molecule has 0 amide bonds. The highest BCUT2D eigenvalue weighted by atomic mass is 35.5. The van der Waals surface area contributed by atoms with Crippen LogP contribution in [0.1, 0.15) is 31.3 Å². The summed E-state index contributed by atoms with van der Waals surface area (Å²) in [7, 11) is 1.95. The summed E-state index contributed by atoms with van der Waals surface area (Å²) in [5, 5.41) is 5.24. The van der Waals surface area contributed by atoms with E-state index < -0.39 is 0 Å². The fraction of sp³-hybridized carbons (Fsp3) is 0.357. The molecule has 0 unspecified atom stereocenters. The van der Waals surface area contributed by atoms with Crippen LogP contribution < -0.4 is 0 Å². The molecular weight excluding hydrogens is 306 g/mol. The van der Waals surface area contributed by atoms with Gasteiger partial charge < -0.3 is 4.57 Å². The molecule has 7 heteroatoms. The lowest BCUT2D eigenvalue weighted by Crippen LogP contribution is -2.02. The van der Waals surface area contributed by atoms with Gasteiger partial charge in [-0.25, -0.2) is 4.98 Å². The Balaban J connectivity index is 2.39. The van der Waals surface area contributed by atoms with Crippen molar-refractivity contribution in [2.45, 2.75) is 36.2 Å². The maximum atomic E-state index is 8.47. The zero-order valence-electron chi connectivity index (χ0n) is 12.1. The van der Waals surface area contributed by atoms with E-state index in [1.165, 1.54) is 0 Å². The zero-order valence-corrected chi connectivity index (χ0v) is 13.7. The largest absolute Gasteiger partial charge is 0.334 e. The van der Waals surface area contributed by atoms with Crippen LogP contribution in [0.15, 0.2) is 39.3 Å². The Kier molecular flexibility index (Phi) is 5.17. The average molecular weight is 322 g/mol. The van der Waals surface area contributed by atoms with Crippen LogP contribution in [0.3, 0.4) is 0 Å². The Morgan fingerprint density at radius 2 is 2.24 bits per heavy atom. The van der Waals surface area contributed by atoms with E-state index in [-0.39, 0.29) is 6.54 Å². The SMILES string of the molecule is CC(C)c1c(Sc2cccc(Cl)c2)nc(CN=[N+]=[N-])n1C. The number of halogens is 1. The van der Waals surface area contributed by atoms with Gasteiger partial charge in [0.05, 0.1) is 12.2 Å². The molecule has 0 atom stereocenters. The summed E-state index contributed by atoms with van der Waals surface area (Å²) in [6, 6.07) is 7.69. The number of imidazole rings is 1. The lowest BCUT2D eigenvalue weighted by atomic mass is 10.1. The van der Waals surface area contributed by atoms with E-state index >= 15 is 0 Å². The van der Waals surface area contributed by atoms with Gasteiger partial charge in [0.25, 0.3) is 0 Å². The third kappa shape index (κ3) is 3.73. The number of aromatic nitrogens is 2. The Morgan fingerprint density at radius 3 is 2.86 bits per heavy atom. The fourth-order valence-corrected chi connectivity index (χ4v) is 3.56. The summed E-state index contributed by atoms with van der Waals surface area (Å²) >= 11 is 7.60. The van der Waals surface area contributed by atoms with Gasteiger partial charge in [-0.1, -0.05) is 48.4 Å². The highest BCUT2D eigenvalue weighted by Gasteiger charge is 2.18. The van der Waals surface area contributed by atoms with Gasteiger partial charge in [-0.05, 0) is 29.6 Å². The quantitative estimate of drug-likeness (QED) is 0.433. The number of azide groups is 1. The average Bonchev–Trinajstić information content (AvgIpc) is 2.72. The molecule has 2 rings (SSSR count). The molecule has 0 aliphatic heterocycles. The minimum absolute atomic E-state index is 0.253. The van der Waals surface area contributed by atoms with Gasteiger partial charge in [-0.15, -0.1) is 0 Å². The molecule has 21 heavy (non-hydrogen) atoms. The van der Waals surface area contributed by atoms with Crippen LogP contribution >= 0.6 is 23.4 Å². The second-order valence-electron chi connectivity index (χ2n) is 4.88. The number of hydrogen-bond donors (Lipinski definition) is 0. The molecule has 0 bridgehead atoms. The van der Waals surface area contributed by atoms with Gasteiger partial charge in [-0.3, -0.25) is 0 Å². The predicted octanol–water partition coefficient (Wildman–Crippen LogP) is 5.16. The number of rotatable bonds is 5. The van der Waals surface area contributed by atoms with E-state index in [1.807, 2.05) is 35.9 Å². The zero-order chi connectivity index (χ0) is 15.4. The first-order valence-electron chi connectivity index (χ1n) is 6.52. The predicted molar refractivity (Wildman–Crippen MR) is 85.7 cm³/mol. The molecule has 0 radical (unpaired) electrons. The summed E-state index contributed by atoms with van der Waals surface area (Å²) in [6.07, 6.45) is 0. The third-order valence-electron chi connectivity index (χ3n) is 3.03. The first-order valence-corrected chi connectivity index (χ1v) is 7.72. The molecule has 0 spiro atoms. The van der Waals surface area contributed by atoms with E-state index in [9.17, 15) is 0 Å². The van der Waals surface area contributed by atoms with Crippen molar-refractivity contribution in [1.29, 1.82) is 0 Å². The second kappa shape index (κ2) is 6.89. The molecule has 5 nitrogen and oxygen atoms in total. The maximum absolute atomic E-state index is 8.47. The Labute approximate surface area is 133 Å². The smallest absolute Gasteiger partial charge is 0.123 e. The van der Waals surface area contributed by atoms with E-state index in [1.54, 1.807) is 11.8 Å². The molecule has 1 aromatic carbocycles. The summed E-state index contributed by atoms with van der Waals surface area (Å²) in [5.74, 6) is 1.09. The lowest BCUT2D eigenvalue weighted by Gasteiger charge is -2.10. The summed E-state index contributed by atoms with van der Waals surface area (Å²) in [4.78, 5) is 8.45. The fourth-order valence-electron chi connectivity index (χ4n) is 2.12. The molecule has 110 valence electrons. The second-order valence-corrected chi connectivity index (χ2v) is 6.38. The van der Waals surface area contributed by atoms with Crippen LogP contribution in [-0.4, -0.2) is 9.55 Å². The van der Waals surface area contributed by atoms with Crippen LogP contribution in [0.2, 0.25) is 5.02 Å². The summed E-state index contributed by atoms with van der Waals surface area (Å²) < 4.78 is 2.01. The van der Waals surface area contributed by atoms with Crippen LogP contribution in [0.5, 0.6) is 0 Å². The van der Waals surface area contributed by atoms with Crippen LogP contribution in [0.4, 0.5) is 0 Å². The topological polar surface area (TPSA) is 66.6 Å². The van der Waals surface area contributed by atoms with Crippen molar-refractivity contribution in [3.05, 3.63) is 51.2 Å². The molecule has 0 aliphatic rings. The van der Waals surface area contributed by atoms with Crippen LogP contribution in [0.25, 0.3) is 10.4 Å². The van der Waals surface area contributed by atoms with Gasteiger partial charge in [0.2, 0.25) is 0 Å². The van der Waals surface area contributed by atoms with Gasteiger partial charge >= 0.3 is 0 Å². The number of hydrogen-bond acceptors (Lipinski definition) is 3. The van der Waals surface area contributed by atoms with Crippen molar-refractivity contribution in [2.75, 3.05) is 0 Å².